The molecule has 5 rings (SSSR count). The zero-order valence-corrected chi connectivity index (χ0v) is 17.5. The van der Waals surface area contributed by atoms with Crippen LogP contribution in [0.15, 0.2) is 36.8 Å². The van der Waals surface area contributed by atoms with Gasteiger partial charge in [-0.2, -0.15) is 0 Å². The van der Waals surface area contributed by atoms with Gasteiger partial charge in [-0.05, 0) is 18.2 Å². The first-order valence-corrected chi connectivity index (χ1v) is 10.7. The number of aromatic nitrogens is 4. The van der Waals surface area contributed by atoms with Crippen LogP contribution in [-0.2, 0) is 0 Å². The van der Waals surface area contributed by atoms with Crippen LogP contribution in [0.5, 0.6) is 0 Å². The maximum absolute atomic E-state index is 13.4. The van der Waals surface area contributed by atoms with Crippen molar-refractivity contribution in [1.82, 2.24) is 30.2 Å². The van der Waals surface area contributed by atoms with Crippen molar-refractivity contribution < 1.29 is 13.6 Å². The Balaban J connectivity index is 1.37. The number of benzene rings is 1. The van der Waals surface area contributed by atoms with Crippen LogP contribution in [0, 0.1) is 0 Å². The third-order valence-corrected chi connectivity index (χ3v) is 5.91. The fourth-order valence-electron chi connectivity index (χ4n) is 3.98. The first kappa shape index (κ1) is 20.6. The average molecular weight is 439 g/mol. The SMILES string of the molecule is O=C(c1ccc2ncc(-c3cnc(N4CCNCC4)nc3)nc2c1)N1CCC(F)(F)CC1. The maximum atomic E-state index is 13.4. The van der Waals surface area contributed by atoms with Gasteiger partial charge >= 0.3 is 0 Å². The standard InChI is InChI=1S/C22H23F2N7O/c23-22(24)3-7-30(8-4-22)20(32)15-1-2-17-18(11-15)29-19(14-26-17)16-12-27-21(28-13-16)31-9-5-25-6-10-31/h1-2,11-14,25H,3-10H2. The van der Waals surface area contributed by atoms with Gasteiger partial charge in [0.2, 0.25) is 5.95 Å². The second-order valence-corrected chi connectivity index (χ2v) is 8.12. The van der Waals surface area contributed by atoms with Gasteiger partial charge in [0.15, 0.2) is 0 Å². The number of fused-ring (bicyclic) bond motifs is 1. The second kappa shape index (κ2) is 8.34. The van der Waals surface area contributed by atoms with Gasteiger partial charge in [-0.3, -0.25) is 9.78 Å². The third-order valence-electron chi connectivity index (χ3n) is 5.91. The van der Waals surface area contributed by atoms with E-state index in [0.29, 0.717) is 28.2 Å². The van der Waals surface area contributed by atoms with Crippen molar-refractivity contribution in [3.05, 3.63) is 42.4 Å². The van der Waals surface area contributed by atoms with Gasteiger partial charge in [0.05, 0.1) is 22.9 Å². The minimum atomic E-state index is -2.69. The highest BCUT2D eigenvalue weighted by Crippen LogP contribution is 2.29. The molecule has 2 saturated heterocycles. The maximum Gasteiger partial charge on any atom is 0.253 e. The lowest BCUT2D eigenvalue weighted by Crippen LogP contribution is -2.44. The van der Waals surface area contributed by atoms with E-state index in [1.54, 1.807) is 36.8 Å². The van der Waals surface area contributed by atoms with Crippen molar-refractivity contribution in [2.75, 3.05) is 44.2 Å². The minimum absolute atomic E-state index is 0.0480. The van der Waals surface area contributed by atoms with Crippen molar-refractivity contribution in [2.24, 2.45) is 0 Å². The molecule has 4 heterocycles. The Morgan fingerprint density at radius 2 is 1.66 bits per heavy atom. The molecule has 0 atom stereocenters. The first-order valence-electron chi connectivity index (χ1n) is 10.7. The fourth-order valence-corrected chi connectivity index (χ4v) is 3.98. The minimum Gasteiger partial charge on any atom is -0.338 e. The molecule has 2 aliphatic rings. The number of anilines is 1. The third kappa shape index (κ3) is 4.22. The van der Waals surface area contributed by atoms with Crippen LogP contribution in [0.3, 0.4) is 0 Å². The van der Waals surface area contributed by atoms with Gasteiger partial charge in [-0.25, -0.2) is 23.7 Å². The Labute approximate surface area is 183 Å². The van der Waals surface area contributed by atoms with Crippen molar-refractivity contribution >= 4 is 22.9 Å². The molecular formula is C22H23F2N7O. The molecule has 0 saturated carbocycles. The topological polar surface area (TPSA) is 87.1 Å². The van der Waals surface area contributed by atoms with E-state index in [0.717, 1.165) is 31.7 Å². The van der Waals surface area contributed by atoms with Crippen molar-refractivity contribution in [2.45, 2.75) is 18.8 Å². The number of piperidine rings is 1. The summed E-state index contributed by atoms with van der Waals surface area (Å²) in [6.07, 6.45) is 4.49. The molecular weight excluding hydrogens is 416 g/mol. The molecule has 0 spiro atoms. The lowest BCUT2D eigenvalue weighted by atomic mass is 10.1. The summed E-state index contributed by atoms with van der Waals surface area (Å²) in [6, 6.07) is 5.05. The predicted octanol–water partition coefficient (Wildman–Crippen LogP) is 2.37. The number of carbonyl (C=O) groups excluding carboxylic acids is 1. The van der Waals surface area contributed by atoms with Crippen LogP contribution in [0.2, 0.25) is 0 Å². The summed E-state index contributed by atoms with van der Waals surface area (Å²) in [6.45, 7) is 3.63. The van der Waals surface area contributed by atoms with Crippen LogP contribution in [-0.4, -0.2) is 75.9 Å². The monoisotopic (exact) mass is 439 g/mol. The first-order chi connectivity index (χ1) is 15.5. The molecule has 0 unspecified atom stereocenters. The number of piperazine rings is 1. The normalized spacial score (nSPS) is 18.7. The number of likely N-dealkylation sites (tertiary alicyclic amines) is 1. The highest BCUT2D eigenvalue weighted by molar-refractivity contribution is 5.97. The zero-order chi connectivity index (χ0) is 22.1. The fraction of sp³-hybridized carbons (Fsp3) is 0.409. The van der Waals surface area contributed by atoms with E-state index >= 15 is 0 Å². The lowest BCUT2D eigenvalue weighted by Gasteiger charge is -2.31. The van der Waals surface area contributed by atoms with Crippen LogP contribution >= 0.6 is 0 Å². The zero-order valence-electron chi connectivity index (χ0n) is 17.5. The number of nitrogens with one attached hydrogen (secondary N) is 1. The number of rotatable bonds is 3. The molecule has 10 heteroatoms. The van der Waals surface area contributed by atoms with E-state index in [4.69, 9.17) is 0 Å². The van der Waals surface area contributed by atoms with Crippen molar-refractivity contribution in [3.8, 4) is 11.3 Å². The summed E-state index contributed by atoms with van der Waals surface area (Å²) >= 11 is 0. The van der Waals surface area contributed by atoms with Crippen molar-refractivity contribution in [1.29, 1.82) is 0 Å². The number of carbonyl (C=O) groups is 1. The van der Waals surface area contributed by atoms with Crippen LogP contribution in [0.4, 0.5) is 14.7 Å². The Bertz CT molecular complexity index is 1120. The molecule has 0 bridgehead atoms. The van der Waals surface area contributed by atoms with Crippen LogP contribution in [0.1, 0.15) is 23.2 Å². The Morgan fingerprint density at radius 3 is 2.38 bits per heavy atom. The molecule has 0 aliphatic carbocycles. The molecule has 0 radical (unpaired) electrons. The van der Waals surface area contributed by atoms with Gasteiger partial charge in [-0.15, -0.1) is 0 Å². The smallest absolute Gasteiger partial charge is 0.253 e. The average Bonchev–Trinajstić information content (AvgIpc) is 2.83. The lowest BCUT2D eigenvalue weighted by molar-refractivity contribution is -0.0494. The van der Waals surface area contributed by atoms with Crippen LogP contribution in [0.25, 0.3) is 22.3 Å². The van der Waals surface area contributed by atoms with E-state index in [9.17, 15) is 13.6 Å². The Hall–Kier alpha value is -3.27. The summed E-state index contributed by atoms with van der Waals surface area (Å²) in [5, 5.41) is 3.30. The summed E-state index contributed by atoms with van der Waals surface area (Å²) in [4.78, 5) is 34.4. The van der Waals surface area contributed by atoms with E-state index in [2.05, 4.69) is 30.2 Å². The Morgan fingerprint density at radius 1 is 0.938 bits per heavy atom. The highest BCUT2D eigenvalue weighted by atomic mass is 19.3. The van der Waals surface area contributed by atoms with E-state index in [1.807, 2.05) is 0 Å². The molecule has 2 aromatic heterocycles. The van der Waals surface area contributed by atoms with Gasteiger partial charge in [-0.1, -0.05) is 0 Å². The quantitative estimate of drug-likeness (QED) is 0.670. The predicted molar refractivity (Wildman–Crippen MR) is 116 cm³/mol. The second-order valence-electron chi connectivity index (χ2n) is 8.12. The number of halogens is 2. The van der Waals surface area contributed by atoms with Gasteiger partial charge < -0.3 is 15.1 Å². The number of alkyl halides is 2. The summed E-state index contributed by atoms with van der Waals surface area (Å²) in [5.41, 5.74) is 2.95. The number of nitrogens with zero attached hydrogens (tertiary/aromatic N) is 6. The van der Waals surface area contributed by atoms with Crippen LogP contribution < -0.4 is 10.2 Å². The number of hydrogen-bond donors (Lipinski definition) is 1. The molecule has 3 aromatic rings. The summed E-state index contributed by atoms with van der Waals surface area (Å²) in [7, 11) is 0. The molecule has 2 fully saturated rings. The molecule has 1 aromatic carbocycles. The summed E-state index contributed by atoms with van der Waals surface area (Å²) in [5.74, 6) is -2.27. The van der Waals surface area contributed by atoms with Gasteiger partial charge in [0, 0.05) is 75.6 Å². The molecule has 1 amide bonds. The molecule has 32 heavy (non-hydrogen) atoms. The summed E-state index contributed by atoms with van der Waals surface area (Å²) < 4.78 is 26.8. The van der Waals surface area contributed by atoms with E-state index in [-0.39, 0.29) is 31.8 Å². The number of hydrogen-bond acceptors (Lipinski definition) is 7. The molecule has 1 N–H and O–H groups in total. The highest BCUT2D eigenvalue weighted by Gasteiger charge is 2.35. The van der Waals surface area contributed by atoms with Gasteiger partial charge in [0.25, 0.3) is 11.8 Å². The van der Waals surface area contributed by atoms with E-state index in [1.165, 1.54) is 4.90 Å². The number of amides is 1. The van der Waals surface area contributed by atoms with Gasteiger partial charge in [0.1, 0.15) is 0 Å². The Kier molecular flexibility index (Phi) is 5.38. The largest absolute Gasteiger partial charge is 0.338 e. The van der Waals surface area contributed by atoms with Crippen molar-refractivity contribution in [3.63, 3.8) is 0 Å². The molecule has 8 nitrogen and oxygen atoms in total. The molecule has 2 aliphatic heterocycles. The molecule has 166 valence electrons. The van der Waals surface area contributed by atoms with E-state index < -0.39 is 5.92 Å².